The van der Waals surface area contributed by atoms with E-state index in [9.17, 15) is 9.50 Å². The van der Waals surface area contributed by atoms with Gasteiger partial charge in [0.15, 0.2) is 11.5 Å². The van der Waals surface area contributed by atoms with Crippen molar-refractivity contribution in [1.82, 2.24) is 5.32 Å². The molecule has 0 saturated carbocycles. The smallest absolute Gasteiger partial charge is 0.162 e. The number of phenols is 1. The van der Waals surface area contributed by atoms with Crippen LogP contribution in [0.3, 0.4) is 0 Å². The molecule has 20 heavy (non-hydrogen) atoms. The maximum absolute atomic E-state index is 13.6. The molecule has 2 N–H and O–H groups in total. The van der Waals surface area contributed by atoms with Crippen molar-refractivity contribution in [3.05, 3.63) is 57.8 Å². The van der Waals surface area contributed by atoms with Crippen molar-refractivity contribution >= 4 is 15.9 Å². The van der Waals surface area contributed by atoms with Gasteiger partial charge in [-0.05, 0) is 24.3 Å². The van der Waals surface area contributed by atoms with E-state index >= 15 is 0 Å². The van der Waals surface area contributed by atoms with E-state index in [0.717, 1.165) is 4.47 Å². The molecule has 106 valence electrons. The summed E-state index contributed by atoms with van der Waals surface area (Å²) in [6.07, 6.45) is 0. The Balaban J connectivity index is 2.01. The predicted molar refractivity (Wildman–Crippen MR) is 79.3 cm³/mol. The Morgan fingerprint density at radius 2 is 1.95 bits per heavy atom. The number of rotatable bonds is 5. The number of halogens is 2. The number of ether oxygens (including phenoxy) is 1. The number of methoxy groups -OCH3 is 1. The van der Waals surface area contributed by atoms with Crippen molar-refractivity contribution in [1.29, 1.82) is 0 Å². The first kappa shape index (κ1) is 14.8. The lowest BCUT2D eigenvalue weighted by atomic mass is 10.1. The first-order chi connectivity index (χ1) is 9.61. The summed E-state index contributed by atoms with van der Waals surface area (Å²) in [5.74, 6) is 0.283. The number of nitrogens with one attached hydrogen (secondary N) is 1. The SMILES string of the molecule is COc1cccc(CNCc2cc(Br)ccc2F)c1O. The first-order valence-corrected chi connectivity index (χ1v) is 6.90. The molecule has 0 heterocycles. The molecule has 0 fully saturated rings. The summed E-state index contributed by atoms with van der Waals surface area (Å²) >= 11 is 3.31. The fraction of sp³-hybridized carbons (Fsp3) is 0.200. The summed E-state index contributed by atoms with van der Waals surface area (Å²) in [5, 5.41) is 13.0. The van der Waals surface area contributed by atoms with Crippen LogP contribution in [-0.2, 0) is 13.1 Å². The van der Waals surface area contributed by atoms with E-state index in [1.54, 1.807) is 30.3 Å². The molecule has 3 nitrogen and oxygen atoms in total. The van der Waals surface area contributed by atoms with Gasteiger partial charge in [-0.2, -0.15) is 0 Å². The van der Waals surface area contributed by atoms with E-state index in [2.05, 4.69) is 21.2 Å². The van der Waals surface area contributed by atoms with Gasteiger partial charge in [-0.1, -0.05) is 28.1 Å². The molecule has 2 aromatic carbocycles. The van der Waals surface area contributed by atoms with Gasteiger partial charge in [-0.3, -0.25) is 0 Å². The molecule has 5 heteroatoms. The first-order valence-electron chi connectivity index (χ1n) is 6.11. The van der Waals surface area contributed by atoms with Crippen molar-refractivity contribution in [2.45, 2.75) is 13.1 Å². The van der Waals surface area contributed by atoms with E-state index < -0.39 is 0 Å². The molecular formula is C15H15BrFNO2. The van der Waals surface area contributed by atoms with Gasteiger partial charge < -0.3 is 15.2 Å². The summed E-state index contributed by atoms with van der Waals surface area (Å²) in [4.78, 5) is 0. The fourth-order valence-corrected chi connectivity index (χ4v) is 2.29. The Kier molecular flexibility index (Phi) is 4.98. The van der Waals surface area contributed by atoms with Gasteiger partial charge >= 0.3 is 0 Å². The number of aromatic hydroxyl groups is 1. The lowest BCUT2D eigenvalue weighted by molar-refractivity contribution is 0.369. The fourth-order valence-electron chi connectivity index (χ4n) is 1.89. The Labute approximate surface area is 125 Å². The van der Waals surface area contributed by atoms with Crippen LogP contribution in [-0.4, -0.2) is 12.2 Å². The van der Waals surface area contributed by atoms with Crippen LogP contribution in [0.2, 0.25) is 0 Å². The molecule has 2 aromatic rings. The molecule has 0 bridgehead atoms. The topological polar surface area (TPSA) is 41.5 Å². The van der Waals surface area contributed by atoms with E-state index in [1.807, 2.05) is 0 Å². The van der Waals surface area contributed by atoms with Crippen molar-refractivity contribution < 1.29 is 14.2 Å². The van der Waals surface area contributed by atoms with Crippen molar-refractivity contribution in [2.75, 3.05) is 7.11 Å². The normalized spacial score (nSPS) is 10.6. The zero-order chi connectivity index (χ0) is 14.5. The number of benzene rings is 2. The van der Waals surface area contributed by atoms with Crippen LogP contribution >= 0.6 is 15.9 Å². The van der Waals surface area contributed by atoms with Gasteiger partial charge in [-0.25, -0.2) is 4.39 Å². The third kappa shape index (κ3) is 3.49. The Morgan fingerprint density at radius 1 is 1.20 bits per heavy atom. The van der Waals surface area contributed by atoms with Crippen LogP contribution < -0.4 is 10.1 Å². The Hall–Kier alpha value is -1.59. The lowest BCUT2D eigenvalue weighted by Gasteiger charge is -2.10. The standard InChI is InChI=1S/C15H15BrFNO2/c1-20-14-4-2-3-10(15(14)19)8-18-9-11-7-12(16)5-6-13(11)17/h2-7,18-19H,8-9H2,1H3. The predicted octanol–water partition coefficient (Wildman–Crippen LogP) is 3.59. The van der Waals surface area contributed by atoms with Crippen LogP contribution in [0.4, 0.5) is 4.39 Å². The number of hydrogen-bond acceptors (Lipinski definition) is 3. The third-order valence-corrected chi connectivity index (χ3v) is 3.43. The van der Waals surface area contributed by atoms with E-state index in [4.69, 9.17) is 4.74 Å². The summed E-state index contributed by atoms with van der Waals surface area (Å²) in [6.45, 7) is 0.802. The maximum atomic E-state index is 13.6. The van der Waals surface area contributed by atoms with Gasteiger partial charge in [-0.15, -0.1) is 0 Å². The highest BCUT2D eigenvalue weighted by Gasteiger charge is 2.07. The summed E-state index contributed by atoms with van der Waals surface area (Å²) < 4.78 is 19.4. The minimum Gasteiger partial charge on any atom is -0.504 e. The zero-order valence-electron chi connectivity index (χ0n) is 11.0. The van der Waals surface area contributed by atoms with Gasteiger partial charge in [0.2, 0.25) is 0 Å². The Bertz CT molecular complexity index is 604. The second-order valence-electron chi connectivity index (χ2n) is 4.31. The second-order valence-corrected chi connectivity index (χ2v) is 5.22. The molecule has 0 atom stereocenters. The molecule has 0 amide bonds. The largest absolute Gasteiger partial charge is 0.504 e. The highest BCUT2D eigenvalue weighted by atomic mass is 79.9. The highest BCUT2D eigenvalue weighted by molar-refractivity contribution is 9.10. The molecule has 0 unspecified atom stereocenters. The van der Waals surface area contributed by atoms with E-state index in [-0.39, 0.29) is 11.6 Å². The molecule has 0 spiro atoms. The molecular weight excluding hydrogens is 325 g/mol. The van der Waals surface area contributed by atoms with E-state index in [1.165, 1.54) is 13.2 Å². The van der Waals surface area contributed by atoms with Crippen molar-refractivity contribution in [3.8, 4) is 11.5 Å². The van der Waals surface area contributed by atoms with Crippen molar-refractivity contribution in [2.24, 2.45) is 0 Å². The monoisotopic (exact) mass is 339 g/mol. The summed E-state index contributed by atoms with van der Waals surface area (Å²) in [6, 6.07) is 10.1. The average molecular weight is 340 g/mol. The van der Waals surface area contributed by atoms with Crippen LogP contribution in [0.15, 0.2) is 40.9 Å². The number of phenolic OH excluding ortho intramolecular Hbond substituents is 1. The van der Waals surface area contributed by atoms with Gasteiger partial charge in [0.25, 0.3) is 0 Å². The van der Waals surface area contributed by atoms with Crippen LogP contribution in [0.5, 0.6) is 11.5 Å². The second kappa shape index (κ2) is 6.72. The quantitative estimate of drug-likeness (QED) is 0.874. The summed E-state index contributed by atoms with van der Waals surface area (Å²) in [5.41, 5.74) is 1.28. The third-order valence-electron chi connectivity index (χ3n) is 2.94. The van der Waals surface area contributed by atoms with Crippen LogP contribution in [0, 0.1) is 5.82 Å². The maximum Gasteiger partial charge on any atom is 0.162 e. The molecule has 2 rings (SSSR count). The minimum absolute atomic E-state index is 0.109. The zero-order valence-corrected chi connectivity index (χ0v) is 12.6. The molecule has 0 saturated heterocycles. The highest BCUT2D eigenvalue weighted by Crippen LogP contribution is 2.29. The summed E-state index contributed by atoms with van der Waals surface area (Å²) in [7, 11) is 1.50. The molecule has 0 radical (unpaired) electrons. The van der Waals surface area contributed by atoms with E-state index in [0.29, 0.717) is 30.0 Å². The average Bonchev–Trinajstić information content (AvgIpc) is 2.44. The molecule has 0 aromatic heterocycles. The molecule has 0 aliphatic rings. The number of para-hydroxylation sites is 1. The number of hydrogen-bond donors (Lipinski definition) is 2. The minimum atomic E-state index is -0.254. The lowest BCUT2D eigenvalue weighted by Crippen LogP contribution is -2.14. The molecule has 0 aliphatic carbocycles. The van der Waals surface area contributed by atoms with Gasteiger partial charge in [0.1, 0.15) is 5.82 Å². The van der Waals surface area contributed by atoms with Crippen molar-refractivity contribution in [3.63, 3.8) is 0 Å². The molecule has 0 aliphatic heterocycles. The van der Waals surface area contributed by atoms with Crippen LogP contribution in [0.1, 0.15) is 11.1 Å². The Morgan fingerprint density at radius 3 is 2.70 bits per heavy atom. The van der Waals surface area contributed by atoms with Gasteiger partial charge in [0.05, 0.1) is 7.11 Å². The van der Waals surface area contributed by atoms with Gasteiger partial charge in [0, 0.05) is 28.7 Å². The van der Waals surface area contributed by atoms with Crippen LogP contribution in [0.25, 0.3) is 0 Å².